The van der Waals surface area contributed by atoms with Crippen molar-refractivity contribution in [3.8, 4) is 0 Å². The van der Waals surface area contributed by atoms with E-state index in [9.17, 15) is 9.90 Å². The second-order valence-electron chi connectivity index (χ2n) is 5.90. The number of anilines is 1. The molecule has 0 saturated carbocycles. The molecule has 6 nitrogen and oxygen atoms in total. The first-order chi connectivity index (χ1) is 9.42. The van der Waals surface area contributed by atoms with E-state index in [4.69, 9.17) is 0 Å². The van der Waals surface area contributed by atoms with E-state index < -0.39 is 5.97 Å². The average molecular weight is 274 g/mol. The van der Waals surface area contributed by atoms with Gasteiger partial charge in [-0.05, 0) is 26.7 Å². The van der Waals surface area contributed by atoms with Crippen molar-refractivity contribution >= 4 is 22.7 Å². The van der Waals surface area contributed by atoms with Gasteiger partial charge in [0.15, 0.2) is 5.65 Å². The van der Waals surface area contributed by atoms with Crippen LogP contribution in [0.15, 0.2) is 12.4 Å². The summed E-state index contributed by atoms with van der Waals surface area (Å²) in [6, 6.07) is 0. The van der Waals surface area contributed by atoms with E-state index in [1.54, 1.807) is 10.9 Å². The number of hydrogen-bond donors (Lipinski definition) is 1. The summed E-state index contributed by atoms with van der Waals surface area (Å²) in [5, 5.41) is 14.5. The molecule has 0 bridgehead atoms. The van der Waals surface area contributed by atoms with E-state index in [2.05, 4.69) is 28.8 Å². The van der Waals surface area contributed by atoms with Gasteiger partial charge in [-0.3, -0.25) is 4.68 Å². The van der Waals surface area contributed by atoms with Crippen LogP contribution < -0.4 is 4.90 Å². The first-order valence-electron chi connectivity index (χ1n) is 6.73. The van der Waals surface area contributed by atoms with Gasteiger partial charge in [-0.15, -0.1) is 0 Å². The number of pyridine rings is 1. The van der Waals surface area contributed by atoms with E-state index >= 15 is 0 Å². The van der Waals surface area contributed by atoms with E-state index in [-0.39, 0.29) is 11.1 Å². The minimum Gasteiger partial charge on any atom is -0.478 e. The summed E-state index contributed by atoms with van der Waals surface area (Å²) in [4.78, 5) is 18.0. The van der Waals surface area contributed by atoms with Gasteiger partial charge in [0.2, 0.25) is 0 Å². The molecular formula is C14H18N4O2. The molecule has 0 spiro atoms. The largest absolute Gasteiger partial charge is 0.478 e. The molecule has 1 aliphatic rings. The summed E-state index contributed by atoms with van der Waals surface area (Å²) in [5.74, 6) is -0.944. The van der Waals surface area contributed by atoms with E-state index in [1.807, 2.05) is 7.05 Å². The molecule has 0 radical (unpaired) electrons. The maximum absolute atomic E-state index is 11.5. The van der Waals surface area contributed by atoms with Crippen molar-refractivity contribution in [3.05, 3.63) is 18.0 Å². The third kappa shape index (κ3) is 1.75. The van der Waals surface area contributed by atoms with Crippen molar-refractivity contribution in [2.24, 2.45) is 7.05 Å². The lowest BCUT2D eigenvalue weighted by Crippen LogP contribution is -2.39. The summed E-state index contributed by atoms with van der Waals surface area (Å²) in [6.07, 6.45) is 5.26. The molecule has 1 saturated heterocycles. The lowest BCUT2D eigenvalue weighted by atomic mass is 10.0. The van der Waals surface area contributed by atoms with Crippen molar-refractivity contribution in [1.82, 2.24) is 14.8 Å². The standard InChI is InChI=1S/C14H18N4O2/c1-14(2)5-4-6-18(14)11-9-8-16-17(3)12(9)15-7-10(11)13(19)20/h7-8H,4-6H2,1-3H3,(H,19,20). The van der Waals surface area contributed by atoms with Crippen molar-refractivity contribution < 1.29 is 9.90 Å². The highest BCUT2D eigenvalue weighted by Crippen LogP contribution is 2.39. The van der Waals surface area contributed by atoms with Crippen molar-refractivity contribution in [1.29, 1.82) is 0 Å². The fourth-order valence-electron chi connectivity index (χ4n) is 3.05. The number of aromatic nitrogens is 3. The number of rotatable bonds is 2. The number of carbonyl (C=O) groups is 1. The molecule has 6 heteroatoms. The summed E-state index contributed by atoms with van der Waals surface area (Å²) in [7, 11) is 1.81. The van der Waals surface area contributed by atoms with Crippen LogP contribution in [-0.2, 0) is 7.05 Å². The normalized spacial score (nSPS) is 17.9. The molecule has 0 atom stereocenters. The highest BCUT2D eigenvalue weighted by molar-refractivity contribution is 6.04. The third-order valence-corrected chi connectivity index (χ3v) is 4.13. The quantitative estimate of drug-likeness (QED) is 0.907. The molecule has 3 heterocycles. The van der Waals surface area contributed by atoms with Crippen molar-refractivity contribution in [3.63, 3.8) is 0 Å². The van der Waals surface area contributed by atoms with Crippen LogP contribution in [0, 0.1) is 0 Å². The van der Waals surface area contributed by atoms with E-state index in [0.717, 1.165) is 30.5 Å². The Morgan fingerprint density at radius 3 is 2.75 bits per heavy atom. The number of fused-ring (bicyclic) bond motifs is 1. The van der Waals surface area contributed by atoms with Gasteiger partial charge < -0.3 is 10.0 Å². The fraction of sp³-hybridized carbons (Fsp3) is 0.500. The highest BCUT2D eigenvalue weighted by Gasteiger charge is 2.35. The Balaban J connectivity index is 2.30. The maximum Gasteiger partial charge on any atom is 0.339 e. The van der Waals surface area contributed by atoms with Crippen molar-refractivity contribution in [2.45, 2.75) is 32.2 Å². The Hall–Kier alpha value is -2.11. The molecule has 1 N–H and O–H groups in total. The molecule has 0 amide bonds. The molecule has 1 aliphatic heterocycles. The predicted molar refractivity (Wildman–Crippen MR) is 76.1 cm³/mol. The lowest BCUT2D eigenvalue weighted by Gasteiger charge is -2.34. The molecule has 0 unspecified atom stereocenters. The third-order valence-electron chi connectivity index (χ3n) is 4.13. The molecular weight excluding hydrogens is 256 g/mol. The van der Waals surface area contributed by atoms with Gasteiger partial charge in [0, 0.05) is 25.3 Å². The number of aryl methyl sites for hydroxylation is 1. The Morgan fingerprint density at radius 2 is 2.15 bits per heavy atom. The van der Waals surface area contributed by atoms with Gasteiger partial charge in [0.25, 0.3) is 0 Å². The van der Waals surface area contributed by atoms with Crippen LogP contribution in [0.25, 0.3) is 11.0 Å². The van der Waals surface area contributed by atoms with E-state index in [1.165, 1.54) is 6.20 Å². The average Bonchev–Trinajstić information content (AvgIpc) is 2.91. The molecule has 2 aromatic rings. The van der Waals surface area contributed by atoms with E-state index in [0.29, 0.717) is 5.65 Å². The van der Waals surface area contributed by atoms with Gasteiger partial charge in [-0.1, -0.05) is 0 Å². The monoisotopic (exact) mass is 274 g/mol. The zero-order chi connectivity index (χ0) is 14.5. The number of hydrogen-bond acceptors (Lipinski definition) is 4. The lowest BCUT2D eigenvalue weighted by molar-refractivity contribution is 0.0697. The molecule has 106 valence electrons. The Morgan fingerprint density at radius 1 is 1.40 bits per heavy atom. The van der Waals surface area contributed by atoms with Gasteiger partial charge in [0.1, 0.15) is 5.56 Å². The molecule has 3 rings (SSSR count). The van der Waals surface area contributed by atoms with Gasteiger partial charge in [-0.25, -0.2) is 9.78 Å². The summed E-state index contributed by atoms with van der Waals surface area (Å²) < 4.78 is 1.67. The smallest absolute Gasteiger partial charge is 0.339 e. The fourth-order valence-corrected chi connectivity index (χ4v) is 3.05. The van der Waals surface area contributed by atoms with Crippen LogP contribution in [-0.4, -0.2) is 37.9 Å². The second kappa shape index (κ2) is 4.19. The zero-order valence-corrected chi connectivity index (χ0v) is 11.9. The van der Waals surface area contributed by atoms with Gasteiger partial charge in [0.05, 0.1) is 17.3 Å². The Kier molecular flexibility index (Phi) is 2.70. The van der Waals surface area contributed by atoms with Crippen LogP contribution in [0.5, 0.6) is 0 Å². The minimum atomic E-state index is -0.944. The van der Waals surface area contributed by atoms with Crippen LogP contribution in [0.2, 0.25) is 0 Å². The SMILES string of the molecule is Cn1ncc2c(N3CCCC3(C)C)c(C(=O)O)cnc21. The minimum absolute atomic E-state index is 0.0473. The number of nitrogens with zero attached hydrogens (tertiary/aromatic N) is 4. The first kappa shape index (κ1) is 12.9. The molecule has 2 aromatic heterocycles. The van der Waals surface area contributed by atoms with Crippen LogP contribution in [0.3, 0.4) is 0 Å². The maximum atomic E-state index is 11.5. The Labute approximate surface area is 117 Å². The summed E-state index contributed by atoms with van der Waals surface area (Å²) in [5.41, 5.74) is 1.67. The molecule has 0 aromatic carbocycles. The van der Waals surface area contributed by atoms with Crippen molar-refractivity contribution in [2.75, 3.05) is 11.4 Å². The molecule has 1 fully saturated rings. The second-order valence-corrected chi connectivity index (χ2v) is 5.90. The number of carboxylic acids is 1. The Bertz CT molecular complexity index is 690. The summed E-state index contributed by atoms with van der Waals surface area (Å²) in [6.45, 7) is 5.16. The van der Waals surface area contributed by atoms with Gasteiger partial charge >= 0.3 is 5.97 Å². The number of aromatic carboxylic acids is 1. The topological polar surface area (TPSA) is 71.2 Å². The first-order valence-corrected chi connectivity index (χ1v) is 6.73. The molecule has 0 aliphatic carbocycles. The molecule has 20 heavy (non-hydrogen) atoms. The number of carboxylic acid groups (broad SMARTS) is 1. The zero-order valence-electron chi connectivity index (χ0n) is 11.9. The highest BCUT2D eigenvalue weighted by atomic mass is 16.4. The van der Waals surface area contributed by atoms with Crippen LogP contribution >= 0.6 is 0 Å². The van der Waals surface area contributed by atoms with Gasteiger partial charge in [-0.2, -0.15) is 5.10 Å². The summed E-state index contributed by atoms with van der Waals surface area (Å²) >= 11 is 0. The predicted octanol–water partition coefficient (Wildman–Crippen LogP) is 2.05. The van der Waals surface area contributed by atoms with Crippen LogP contribution in [0.1, 0.15) is 37.0 Å². The van der Waals surface area contributed by atoms with Crippen LogP contribution in [0.4, 0.5) is 5.69 Å².